The zero-order chi connectivity index (χ0) is 20.2. The van der Waals surface area contributed by atoms with Crippen molar-refractivity contribution in [1.29, 1.82) is 0 Å². The fraction of sp³-hybridized carbons (Fsp3) is 0.238. The van der Waals surface area contributed by atoms with Gasteiger partial charge in [-0.2, -0.15) is 0 Å². The minimum Gasteiger partial charge on any atom is -0.437 e. The molecule has 0 bridgehead atoms. The van der Waals surface area contributed by atoms with Crippen LogP contribution in [0.25, 0.3) is 0 Å². The Kier molecular flexibility index (Phi) is 5.59. The van der Waals surface area contributed by atoms with Crippen LogP contribution in [0.3, 0.4) is 0 Å². The Balaban J connectivity index is 1.94. The third-order valence-corrected chi connectivity index (χ3v) is 3.85. The van der Waals surface area contributed by atoms with E-state index in [4.69, 9.17) is 16.3 Å². The maximum Gasteiger partial charge on any atom is 0.219 e. The highest BCUT2D eigenvalue weighted by Crippen LogP contribution is 2.29. The van der Waals surface area contributed by atoms with Gasteiger partial charge < -0.3 is 9.84 Å². The summed E-state index contributed by atoms with van der Waals surface area (Å²) >= 11 is 5.82. The minimum absolute atomic E-state index is 0.299. The molecule has 6 nitrogen and oxygen atoms in total. The number of pyridine rings is 2. The van der Waals surface area contributed by atoms with Crippen LogP contribution in [-0.4, -0.2) is 25.0 Å². The molecule has 1 N–H and O–H groups in total. The Hall–Kier alpha value is -3.01. The number of halogens is 1. The molecule has 0 fully saturated rings. The fourth-order valence-electron chi connectivity index (χ4n) is 2.25. The quantitative estimate of drug-likeness (QED) is 0.673. The zero-order valence-corrected chi connectivity index (χ0v) is 16.5. The summed E-state index contributed by atoms with van der Waals surface area (Å²) in [7, 11) is 0. The van der Waals surface area contributed by atoms with Crippen molar-refractivity contribution >= 4 is 11.6 Å². The van der Waals surface area contributed by atoms with Crippen LogP contribution in [0, 0.1) is 17.3 Å². The lowest BCUT2D eigenvalue weighted by Gasteiger charge is -2.22. The molecule has 0 aliphatic rings. The topological polar surface area (TPSA) is 81.0 Å². The van der Waals surface area contributed by atoms with Crippen molar-refractivity contribution in [2.24, 2.45) is 5.41 Å². The summed E-state index contributed by atoms with van der Waals surface area (Å²) in [5, 5.41) is 11.9. The van der Waals surface area contributed by atoms with Gasteiger partial charge in [0.2, 0.25) is 5.88 Å². The van der Waals surface area contributed by atoms with Gasteiger partial charge in [-0.3, -0.25) is 4.98 Å². The van der Waals surface area contributed by atoms with Crippen molar-refractivity contribution in [3.8, 4) is 23.5 Å². The Bertz CT molecular complexity index is 991. The second kappa shape index (κ2) is 7.93. The van der Waals surface area contributed by atoms with Gasteiger partial charge in [-0.25, -0.2) is 15.0 Å². The Morgan fingerprint density at radius 3 is 2.25 bits per heavy atom. The van der Waals surface area contributed by atoms with Gasteiger partial charge in [0.15, 0.2) is 5.60 Å². The average molecular weight is 395 g/mol. The van der Waals surface area contributed by atoms with E-state index in [0.29, 0.717) is 27.9 Å². The molecule has 0 spiro atoms. The second-order valence-corrected chi connectivity index (χ2v) is 7.57. The molecule has 0 saturated heterocycles. The lowest BCUT2D eigenvalue weighted by molar-refractivity contribution is 0.139. The highest BCUT2D eigenvalue weighted by Gasteiger charge is 2.32. The number of hydrogen-bond donors (Lipinski definition) is 1. The molecule has 0 radical (unpaired) electrons. The molecule has 1 unspecified atom stereocenters. The third kappa shape index (κ3) is 4.83. The van der Waals surface area contributed by atoms with Crippen molar-refractivity contribution in [1.82, 2.24) is 19.9 Å². The van der Waals surface area contributed by atoms with E-state index >= 15 is 0 Å². The Morgan fingerprint density at radius 1 is 0.929 bits per heavy atom. The normalized spacial score (nSPS) is 13.2. The molecule has 1 atom stereocenters. The highest BCUT2D eigenvalue weighted by molar-refractivity contribution is 6.30. The standard InChI is InChI=1S/C21H19ClN4O2/c1-20(2,3)8-9-21(27,15-10-23-14-24-11-15)18-6-5-17(13-25-18)28-19-7-4-16(22)12-26-19/h4-7,10-14,27H,1-3H3. The molecule has 3 aromatic rings. The summed E-state index contributed by atoms with van der Waals surface area (Å²) in [6.07, 6.45) is 7.43. The van der Waals surface area contributed by atoms with Crippen LogP contribution in [0.1, 0.15) is 32.0 Å². The monoisotopic (exact) mass is 394 g/mol. The lowest BCUT2D eigenvalue weighted by Crippen LogP contribution is -2.27. The second-order valence-electron chi connectivity index (χ2n) is 7.13. The molecule has 0 aliphatic heterocycles. The van der Waals surface area contributed by atoms with Crippen molar-refractivity contribution in [2.75, 3.05) is 0 Å². The number of hydrogen-bond acceptors (Lipinski definition) is 6. The van der Waals surface area contributed by atoms with E-state index in [9.17, 15) is 5.11 Å². The molecule has 0 saturated carbocycles. The maximum atomic E-state index is 11.3. The first-order valence-corrected chi connectivity index (χ1v) is 8.92. The van der Waals surface area contributed by atoms with Crippen molar-refractivity contribution < 1.29 is 9.84 Å². The molecule has 3 rings (SSSR count). The van der Waals surface area contributed by atoms with Crippen molar-refractivity contribution in [2.45, 2.75) is 26.4 Å². The average Bonchev–Trinajstić information content (AvgIpc) is 2.69. The molecular formula is C21H19ClN4O2. The molecule has 3 aromatic heterocycles. The van der Waals surface area contributed by atoms with Crippen LogP contribution in [-0.2, 0) is 5.60 Å². The summed E-state index contributed by atoms with van der Waals surface area (Å²) in [5.41, 5.74) is -1.17. The number of rotatable bonds is 4. The molecule has 3 heterocycles. The van der Waals surface area contributed by atoms with Crippen molar-refractivity contribution in [3.05, 3.63) is 71.7 Å². The fourth-order valence-corrected chi connectivity index (χ4v) is 2.36. The number of ether oxygens (including phenoxy) is 1. The summed E-state index contributed by atoms with van der Waals surface area (Å²) in [6, 6.07) is 6.67. The minimum atomic E-state index is -1.65. The van der Waals surface area contributed by atoms with Crippen LogP contribution in [0.2, 0.25) is 5.02 Å². The summed E-state index contributed by atoms with van der Waals surface area (Å²) in [6.45, 7) is 5.89. The van der Waals surface area contributed by atoms with Gasteiger partial charge in [-0.15, -0.1) is 0 Å². The first-order chi connectivity index (χ1) is 13.3. The largest absolute Gasteiger partial charge is 0.437 e. The summed E-state index contributed by atoms with van der Waals surface area (Å²) in [4.78, 5) is 16.4. The lowest BCUT2D eigenvalue weighted by atomic mass is 9.89. The summed E-state index contributed by atoms with van der Waals surface area (Å²) < 4.78 is 5.65. The van der Waals surface area contributed by atoms with Crippen LogP contribution in [0.15, 0.2) is 55.4 Å². The van der Waals surface area contributed by atoms with Gasteiger partial charge in [0, 0.05) is 35.6 Å². The number of aromatic nitrogens is 4. The molecule has 7 heteroatoms. The van der Waals surface area contributed by atoms with Crippen molar-refractivity contribution in [3.63, 3.8) is 0 Å². The molecule has 142 valence electrons. The maximum absolute atomic E-state index is 11.3. The van der Waals surface area contributed by atoms with Gasteiger partial charge in [0.05, 0.1) is 16.9 Å². The smallest absolute Gasteiger partial charge is 0.219 e. The van der Waals surface area contributed by atoms with E-state index < -0.39 is 5.60 Å². The SMILES string of the molecule is CC(C)(C)C#CC(O)(c1cncnc1)c1ccc(Oc2ccc(Cl)cn2)cn1. The zero-order valence-electron chi connectivity index (χ0n) is 15.7. The van der Waals surface area contributed by atoms with E-state index in [1.54, 1.807) is 24.3 Å². The first-order valence-electron chi connectivity index (χ1n) is 8.54. The highest BCUT2D eigenvalue weighted by atomic mass is 35.5. The van der Waals surface area contributed by atoms with Gasteiger partial charge in [0.1, 0.15) is 12.1 Å². The van der Waals surface area contributed by atoms with Gasteiger partial charge in [-0.1, -0.05) is 23.4 Å². The number of nitrogens with zero attached hydrogens (tertiary/aromatic N) is 4. The van der Waals surface area contributed by atoms with Crippen LogP contribution in [0.4, 0.5) is 0 Å². The van der Waals surface area contributed by atoms with Crippen LogP contribution >= 0.6 is 11.6 Å². The van der Waals surface area contributed by atoms with Crippen LogP contribution < -0.4 is 4.74 Å². The molecule has 0 aliphatic carbocycles. The molecule has 28 heavy (non-hydrogen) atoms. The molecule has 0 aromatic carbocycles. The van der Waals surface area contributed by atoms with E-state index in [1.165, 1.54) is 31.1 Å². The van der Waals surface area contributed by atoms with E-state index in [1.807, 2.05) is 20.8 Å². The Labute approximate surface area is 168 Å². The predicted molar refractivity (Wildman–Crippen MR) is 106 cm³/mol. The summed E-state index contributed by atoms with van der Waals surface area (Å²) in [5.74, 6) is 6.86. The van der Waals surface area contributed by atoms with E-state index in [-0.39, 0.29) is 5.41 Å². The number of aliphatic hydroxyl groups is 1. The van der Waals surface area contributed by atoms with Crippen LogP contribution in [0.5, 0.6) is 11.6 Å². The third-order valence-electron chi connectivity index (χ3n) is 3.63. The van der Waals surface area contributed by atoms with Gasteiger partial charge >= 0.3 is 0 Å². The predicted octanol–water partition coefficient (Wildman–Crippen LogP) is 4.00. The Morgan fingerprint density at radius 2 is 1.68 bits per heavy atom. The van der Waals surface area contributed by atoms with E-state index in [2.05, 4.69) is 31.8 Å². The van der Waals surface area contributed by atoms with Gasteiger partial charge in [0.25, 0.3) is 0 Å². The first kappa shape index (κ1) is 19.7. The van der Waals surface area contributed by atoms with Gasteiger partial charge in [-0.05, 0) is 39.0 Å². The van der Waals surface area contributed by atoms with E-state index in [0.717, 1.165) is 0 Å². The molecular weight excluding hydrogens is 376 g/mol. The molecule has 0 amide bonds.